The Morgan fingerprint density at radius 1 is 1.35 bits per heavy atom. The Bertz CT molecular complexity index is 468. The van der Waals surface area contributed by atoms with Gasteiger partial charge in [-0.2, -0.15) is 0 Å². The first-order valence-electron chi connectivity index (χ1n) is 5.53. The first-order chi connectivity index (χ1) is 7.71. The van der Waals surface area contributed by atoms with Crippen LogP contribution in [0.3, 0.4) is 0 Å². The largest absolute Gasteiger partial charge is 0.478 e. The third-order valence-corrected chi connectivity index (χ3v) is 2.66. The molecule has 0 aliphatic rings. The molecule has 0 unspecified atom stereocenters. The summed E-state index contributed by atoms with van der Waals surface area (Å²) < 4.78 is 0. The monoisotopic (exact) mass is 233 g/mol. The van der Waals surface area contributed by atoms with E-state index in [1.165, 1.54) is 0 Å². The number of carboxylic acids is 1. The predicted octanol–water partition coefficient (Wildman–Crippen LogP) is 3.05. The van der Waals surface area contributed by atoms with Gasteiger partial charge in [-0.1, -0.05) is 26.8 Å². The van der Waals surface area contributed by atoms with E-state index in [0.717, 1.165) is 11.1 Å². The summed E-state index contributed by atoms with van der Waals surface area (Å²) in [5.74, 6) is -0.925. The highest BCUT2D eigenvalue weighted by Crippen LogP contribution is 2.26. The van der Waals surface area contributed by atoms with Crippen LogP contribution in [0.5, 0.6) is 0 Å². The van der Waals surface area contributed by atoms with Gasteiger partial charge in [0.05, 0.1) is 0 Å². The van der Waals surface area contributed by atoms with Gasteiger partial charge >= 0.3 is 5.97 Å². The summed E-state index contributed by atoms with van der Waals surface area (Å²) >= 11 is 0. The topological polar surface area (TPSA) is 63.3 Å². The molecule has 0 spiro atoms. The predicted molar refractivity (Wildman–Crippen MR) is 70.8 cm³/mol. The van der Waals surface area contributed by atoms with Gasteiger partial charge in [0.1, 0.15) is 0 Å². The highest BCUT2D eigenvalue weighted by Gasteiger charge is 2.14. The molecule has 0 atom stereocenters. The van der Waals surface area contributed by atoms with Crippen molar-refractivity contribution < 1.29 is 9.90 Å². The second-order valence-corrected chi connectivity index (χ2v) is 5.23. The average Bonchev–Trinajstić information content (AvgIpc) is 2.19. The minimum Gasteiger partial charge on any atom is -0.478 e. The van der Waals surface area contributed by atoms with Crippen LogP contribution < -0.4 is 5.73 Å². The van der Waals surface area contributed by atoms with Crippen molar-refractivity contribution in [1.29, 1.82) is 0 Å². The van der Waals surface area contributed by atoms with Gasteiger partial charge in [-0.3, -0.25) is 0 Å². The Kier molecular flexibility index (Phi) is 3.61. The zero-order valence-electron chi connectivity index (χ0n) is 10.7. The summed E-state index contributed by atoms with van der Waals surface area (Å²) in [6.07, 6.45) is 1.60. The van der Waals surface area contributed by atoms with E-state index in [9.17, 15) is 4.79 Å². The molecule has 0 bridgehead atoms. The molecule has 0 heterocycles. The van der Waals surface area contributed by atoms with Crippen molar-refractivity contribution in [2.24, 2.45) is 0 Å². The molecule has 0 aromatic heterocycles. The van der Waals surface area contributed by atoms with Gasteiger partial charge in [-0.25, -0.2) is 4.79 Å². The molecule has 3 heteroatoms. The van der Waals surface area contributed by atoms with Crippen LogP contribution in [-0.2, 0) is 10.2 Å². The molecule has 3 N–H and O–H groups in total. The Balaban J connectivity index is 3.25. The summed E-state index contributed by atoms with van der Waals surface area (Å²) in [6, 6.07) is 5.74. The normalized spacial score (nSPS) is 12.6. The van der Waals surface area contributed by atoms with Gasteiger partial charge in [0.25, 0.3) is 0 Å². The highest BCUT2D eigenvalue weighted by atomic mass is 16.4. The lowest BCUT2D eigenvalue weighted by molar-refractivity contribution is -0.132. The van der Waals surface area contributed by atoms with E-state index in [4.69, 9.17) is 10.8 Å². The zero-order chi connectivity index (χ0) is 13.2. The third-order valence-electron chi connectivity index (χ3n) is 2.66. The first-order valence-corrected chi connectivity index (χ1v) is 5.53. The van der Waals surface area contributed by atoms with E-state index in [1.54, 1.807) is 13.0 Å². The smallest absolute Gasteiger partial charge is 0.331 e. The standard InChI is InChI=1S/C14H19NO2/c1-9(13(16)17)7-10-8-11(14(2,3)4)5-6-12(10)15/h5-8H,15H2,1-4H3,(H,16,17). The van der Waals surface area contributed by atoms with Crippen molar-refractivity contribution in [2.45, 2.75) is 33.1 Å². The number of anilines is 1. The van der Waals surface area contributed by atoms with E-state index in [2.05, 4.69) is 20.8 Å². The maximum absolute atomic E-state index is 10.8. The van der Waals surface area contributed by atoms with Crippen molar-refractivity contribution in [1.82, 2.24) is 0 Å². The molecule has 1 aromatic rings. The number of rotatable bonds is 2. The second-order valence-electron chi connectivity index (χ2n) is 5.23. The summed E-state index contributed by atoms with van der Waals surface area (Å²) in [5, 5.41) is 8.85. The van der Waals surface area contributed by atoms with Crippen molar-refractivity contribution in [3.63, 3.8) is 0 Å². The summed E-state index contributed by atoms with van der Waals surface area (Å²) in [5.41, 5.74) is 8.64. The molecule has 0 saturated heterocycles. The Hall–Kier alpha value is -1.77. The lowest BCUT2D eigenvalue weighted by Gasteiger charge is -2.20. The lowest BCUT2D eigenvalue weighted by atomic mass is 9.85. The van der Waals surface area contributed by atoms with Gasteiger partial charge < -0.3 is 10.8 Å². The minimum absolute atomic E-state index is 0.0212. The van der Waals surface area contributed by atoms with Crippen LogP contribution in [0.2, 0.25) is 0 Å². The molecule has 0 fully saturated rings. The van der Waals surface area contributed by atoms with E-state index in [0.29, 0.717) is 5.69 Å². The fraction of sp³-hybridized carbons (Fsp3) is 0.357. The van der Waals surface area contributed by atoms with Crippen LogP contribution in [0.25, 0.3) is 6.08 Å². The SMILES string of the molecule is CC(=Cc1cc(C(C)(C)C)ccc1N)C(=O)O. The molecule has 0 radical (unpaired) electrons. The third kappa shape index (κ3) is 3.34. The number of carbonyl (C=O) groups is 1. The maximum Gasteiger partial charge on any atom is 0.331 e. The fourth-order valence-electron chi connectivity index (χ4n) is 1.46. The molecule has 0 saturated carbocycles. The van der Waals surface area contributed by atoms with Crippen LogP contribution in [0, 0.1) is 0 Å². The van der Waals surface area contributed by atoms with Gasteiger partial charge in [0.2, 0.25) is 0 Å². The first kappa shape index (κ1) is 13.3. The van der Waals surface area contributed by atoms with E-state index < -0.39 is 5.97 Å². The summed E-state index contributed by atoms with van der Waals surface area (Å²) in [4.78, 5) is 10.8. The van der Waals surface area contributed by atoms with Crippen LogP contribution in [0.4, 0.5) is 5.69 Å². The maximum atomic E-state index is 10.8. The molecular formula is C14H19NO2. The number of hydrogen-bond donors (Lipinski definition) is 2. The summed E-state index contributed by atoms with van der Waals surface area (Å²) in [6.45, 7) is 7.88. The molecule has 1 rings (SSSR count). The molecule has 0 aliphatic heterocycles. The molecule has 17 heavy (non-hydrogen) atoms. The molecule has 92 valence electrons. The number of nitrogens with two attached hydrogens (primary N) is 1. The molecular weight excluding hydrogens is 214 g/mol. The minimum atomic E-state index is -0.925. The van der Waals surface area contributed by atoms with Crippen LogP contribution in [-0.4, -0.2) is 11.1 Å². The Labute approximate surface area is 102 Å². The number of carboxylic acid groups (broad SMARTS) is 1. The quantitative estimate of drug-likeness (QED) is 0.609. The van der Waals surface area contributed by atoms with Crippen molar-refractivity contribution in [3.8, 4) is 0 Å². The molecule has 0 amide bonds. The van der Waals surface area contributed by atoms with Crippen LogP contribution in [0.15, 0.2) is 23.8 Å². The molecule has 0 aliphatic carbocycles. The number of benzene rings is 1. The van der Waals surface area contributed by atoms with Gasteiger partial charge in [-0.05, 0) is 41.7 Å². The van der Waals surface area contributed by atoms with Crippen molar-refractivity contribution >= 4 is 17.7 Å². The number of hydrogen-bond acceptors (Lipinski definition) is 2. The summed E-state index contributed by atoms with van der Waals surface area (Å²) in [7, 11) is 0. The Morgan fingerprint density at radius 3 is 2.41 bits per heavy atom. The van der Waals surface area contributed by atoms with Crippen LogP contribution in [0.1, 0.15) is 38.8 Å². The van der Waals surface area contributed by atoms with E-state index >= 15 is 0 Å². The average molecular weight is 233 g/mol. The number of aliphatic carboxylic acids is 1. The highest BCUT2D eigenvalue weighted by molar-refractivity contribution is 5.92. The van der Waals surface area contributed by atoms with E-state index in [-0.39, 0.29) is 11.0 Å². The lowest BCUT2D eigenvalue weighted by Crippen LogP contribution is -2.11. The zero-order valence-corrected chi connectivity index (χ0v) is 10.7. The van der Waals surface area contributed by atoms with Crippen LogP contribution >= 0.6 is 0 Å². The molecule has 3 nitrogen and oxygen atoms in total. The number of nitrogen functional groups attached to an aromatic ring is 1. The van der Waals surface area contributed by atoms with Crippen molar-refractivity contribution in [2.75, 3.05) is 5.73 Å². The fourth-order valence-corrected chi connectivity index (χ4v) is 1.46. The van der Waals surface area contributed by atoms with Crippen molar-refractivity contribution in [3.05, 3.63) is 34.9 Å². The van der Waals surface area contributed by atoms with Gasteiger partial charge in [0, 0.05) is 11.3 Å². The van der Waals surface area contributed by atoms with Gasteiger partial charge in [-0.15, -0.1) is 0 Å². The Morgan fingerprint density at radius 2 is 1.94 bits per heavy atom. The van der Waals surface area contributed by atoms with Gasteiger partial charge in [0.15, 0.2) is 0 Å². The second kappa shape index (κ2) is 4.62. The van der Waals surface area contributed by atoms with E-state index in [1.807, 2.05) is 18.2 Å². The molecule has 1 aromatic carbocycles.